The first-order valence-corrected chi connectivity index (χ1v) is 9.39. The van der Waals surface area contributed by atoms with Crippen LogP contribution in [0.3, 0.4) is 0 Å². The molecule has 3 aromatic rings. The Morgan fingerprint density at radius 3 is 2.52 bits per heavy atom. The Hall–Kier alpha value is -2.94. The fourth-order valence-electron chi connectivity index (χ4n) is 3.63. The molecule has 0 spiro atoms. The number of nitrogens with zero attached hydrogens (tertiary/aromatic N) is 4. The second-order valence-electron chi connectivity index (χ2n) is 6.96. The zero-order valence-corrected chi connectivity index (χ0v) is 15.9. The van der Waals surface area contributed by atoms with Crippen molar-refractivity contribution in [3.05, 3.63) is 53.6 Å². The number of anilines is 2. The van der Waals surface area contributed by atoms with Crippen molar-refractivity contribution in [2.45, 2.75) is 19.6 Å². The molecule has 2 N–H and O–H groups in total. The molecule has 1 fully saturated rings. The summed E-state index contributed by atoms with van der Waals surface area (Å²) in [5.41, 5.74) is 3.00. The summed E-state index contributed by atoms with van der Waals surface area (Å²) < 4.78 is 40.2. The molecule has 1 aliphatic heterocycles. The molecular formula is C20H21F3N6. The standard InChI is InChI=1S/C20H21F3N6/c1-13-18(29-8-6-24-7-9-29)17(12-28-19(13)20(21,22)23)27-11-14-2-3-15-16(10-14)26-5-4-25-15/h2-5,10,12,24,27H,6-9,11H2,1H3. The third-order valence-electron chi connectivity index (χ3n) is 5.01. The summed E-state index contributed by atoms with van der Waals surface area (Å²) in [6, 6.07) is 5.73. The molecule has 1 aliphatic rings. The molecule has 152 valence electrons. The fraction of sp³-hybridized carbons (Fsp3) is 0.350. The van der Waals surface area contributed by atoms with Crippen LogP contribution in [0.25, 0.3) is 11.0 Å². The van der Waals surface area contributed by atoms with Gasteiger partial charge in [0.2, 0.25) is 0 Å². The van der Waals surface area contributed by atoms with E-state index in [0.717, 1.165) is 29.7 Å². The van der Waals surface area contributed by atoms with Gasteiger partial charge in [-0.2, -0.15) is 13.2 Å². The Kier molecular flexibility index (Phi) is 5.23. The van der Waals surface area contributed by atoms with Gasteiger partial charge < -0.3 is 15.5 Å². The van der Waals surface area contributed by atoms with E-state index in [4.69, 9.17) is 0 Å². The number of alkyl halides is 3. The quantitative estimate of drug-likeness (QED) is 0.698. The Morgan fingerprint density at radius 1 is 1.07 bits per heavy atom. The van der Waals surface area contributed by atoms with Gasteiger partial charge in [-0.3, -0.25) is 9.97 Å². The first-order valence-electron chi connectivity index (χ1n) is 9.39. The van der Waals surface area contributed by atoms with E-state index in [1.54, 1.807) is 12.4 Å². The molecule has 0 radical (unpaired) electrons. The lowest BCUT2D eigenvalue weighted by atomic mass is 10.1. The molecule has 0 saturated carbocycles. The lowest BCUT2D eigenvalue weighted by molar-refractivity contribution is -0.141. The van der Waals surface area contributed by atoms with Gasteiger partial charge in [0, 0.05) is 50.7 Å². The van der Waals surface area contributed by atoms with Gasteiger partial charge in [-0.25, -0.2) is 4.98 Å². The van der Waals surface area contributed by atoms with Crippen molar-refractivity contribution in [3.8, 4) is 0 Å². The second-order valence-corrected chi connectivity index (χ2v) is 6.96. The van der Waals surface area contributed by atoms with Crippen molar-refractivity contribution in [1.82, 2.24) is 20.3 Å². The topological polar surface area (TPSA) is 66.0 Å². The first kappa shape index (κ1) is 19.4. The van der Waals surface area contributed by atoms with Crippen molar-refractivity contribution in [2.24, 2.45) is 0 Å². The van der Waals surface area contributed by atoms with Crippen molar-refractivity contribution in [3.63, 3.8) is 0 Å². The van der Waals surface area contributed by atoms with E-state index in [1.165, 1.54) is 13.1 Å². The molecule has 0 unspecified atom stereocenters. The molecule has 0 bridgehead atoms. The van der Waals surface area contributed by atoms with E-state index in [2.05, 4.69) is 25.6 Å². The molecule has 0 amide bonds. The summed E-state index contributed by atoms with van der Waals surface area (Å²) in [5, 5.41) is 6.50. The van der Waals surface area contributed by atoms with Gasteiger partial charge in [-0.05, 0) is 24.6 Å². The van der Waals surface area contributed by atoms with E-state index in [9.17, 15) is 13.2 Å². The van der Waals surface area contributed by atoms with Crippen LogP contribution in [0.2, 0.25) is 0 Å². The van der Waals surface area contributed by atoms with Crippen LogP contribution in [0.5, 0.6) is 0 Å². The maximum absolute atomic E-state index is 13.4. The summed E-state index contributed by atoms with van der Waals surface area (Å²) >= 11 is 0. The van der Waals surface area contributed by atoms with Crippen LogP contribution >= 0.6 is 0 Å². The SMILES string of the molecule is Cc1c(C(F)(F)F)ncc(NCc2ccc3nccnc3c2)c1N1CCNCC1. The number of hydrogen-bond donors (Lipinski definition) is 2. The summed E-state index contributed by atoms with van der Waals surface area (Å²) in [7, 11) is 0. The molecule has 3 heterocycles. The van der Waals surface area contributed by atoms with Crippen LogP contribution in [0.1, 0.15) is 16.8 Å². The lowest BCUT2D eigenvalue weighted by Crippen LogP contribution is -2.44. The van der Waals surface area contributed by atoms with Crippen molar-refractivity contribution >= 4 is 22.4 Å². The zero-order valence-electron chi connectivity index (χ0n) is 15.9. The lowest BCUT2D eigenvalue weighted by Gasteiger charge is -2.33. The summed E-state index contributed by atoms with van der Waals surface area (Å²) in [5.74, 6) is 0. The van der Waals surface area contributed by atoms with Crippen LogP contribution in [0.4, 0.5) is 24.5 Å². The Bertz CT molecular complexity index is 1010. The average molecular weight is 402 g/mol. The number of pyridine rings is 1. The van der Waals surface area contributed by atoms with Gasteiger partial charge in [-0.15, -0.1) is 0 Å². The van der Waals surface area contributed by atoms with Crippen LogP contribution < -0.4 is 15.5 Å². The smallest absolute Gasteiger partial charge is 0.378 e. The second kappa shape index (κ2) is 7.82. The predicted molar refractivity (Wildman–Crippen MR) is 106 cm³/mol. The molecule has 1 aromatic carbocycles. The first-order chi connectivity index (χ1) is 13.9. The summed E-state index contributed by atoms with van der Waals surface area (Å²) in [6.45, 7) is 4.67. The van der Waals surface area contributed by atoms with Crippen LogP contribution in [-0.4, -0.2) is 41.1 Å². The Labute approximate surface area is 166 Å². The highest BCUT2D eigenvalue weighted by atomic mass is 19.4. The number of piperazine rings is 1. The zero-order chi connectivity index (χ0) is 20.4. The molecule has 29 heavy (non-hydrogen) atoms. The highest BCUT2D eigenvalue weighted by Gasteiger charge is 2.36. The molecular weight excluding hydrogens is 381 g/mol. The molecule has 1 saturated heterocycles. The number of aromatic nitrogens is 3. The number of nitrogens with one attached hydrogen (secondary N) is 2. The number of halogens is 3. The fourth-order valence-corrected chi connectivity index (χ4v) is 3.63. The van der Waals surface area contributed by atoms with E-state index in [-0.39, 0.29) is 5.56 Å². The third-order valence-corrected chi connectivity index (χ3v) is 5.01. The van der Waals surface area contributed by atoms with Crippen molar-refractivity contribution in [2.75, 3.05) is 36.4 Å². The molecule has 4 rings (SSSR count). The van der Waals surface area contributed by atoms with E-state index >= 15 is 0 Å². The van der Waals surface area contributed by atoms with Gasteiger partial charge in [0.25, 0.3) is 0 Å². The number of rotatable bonds is 4. The van der Waals surface area contributed by atoms with Gasteiger partial charge in [0.1, 0.15) is 5.69 Å². The van der Waals surface area contributed by atoms with E-state index in [0.29, 0.717) is 31.0 Å². The Morgan fingerprint density at radius 2 is 1.79 bits per heavy atom. The maximum Gasteiger partial charge on any atom is 0.433 e. The van der Waals surface area contributed by atoms with Gasteiger partial charge in [0.15, 0.2) is 0 Å². The molecule has 0 aliphatic carbocycles. The normalized spacial score (nSPS) is 15.0. The largest absolute Gasteiger partial charge is 0.433 e. The third kappa shape index (κ3) is 4.09. The molecule has 6 nitrogen and oxygen atoms in total. The van der Waals surface area contributed by atoms with Crippen molar-refractivity contribution in [1.29, 1.82) is 0 Å². The highest BCUT2D eigenvalue weighted by Crippen LogP contribution is 2.38. The number of fused-ring (bicyclic) bond motifs is 1. The minimum absolute atomic E-state index is 0.147. The van der Waals surface area contributed by atoms with Gasteiger partial charge in [-0.1, -0.05) is 6.07 Å². The average Bonchev–Trinajstić information content (AvgIpc) is 2.71. The van der Waals surface area contributed by atoms with Gasteiger partial charge >= 0.3 is 6.18 Å². The maximum atomic E-state index is 13.4. The minimum Gasteiger partial charge on any atom is -0.378 e. The number of hydrogen-bond acceptors (Lipinski definition) is 6. The van der Waals surface area contributed by atoms with Gasteiger partial charge in [0.05, 0.1) is 28.6 Å². The summed E-state index contributed by atoms with van der Waals surface area (Å²) in [4.78, 5) is 14.2. The minimum atomic E-state index is -4.48. The molecule has 0 atom stereocenters. The predicted octanol–water partition coefficient (Wildman–Crippen LogP) is 3.37. The van der Waals surface area contributed by atoms with E-state index in [1.807, 2.05) is 23.1 Å². The van der Waals surface area contributed by atoms with Crippen LogP contribution in [0.15, 0.2) is 36.8 Å². The summed E-state index contributed by atoms with van der Waals surface area (Å²) in [6.07, 6.45) is 0.0678. The van der Waals surface area contributed by atoms with Crippen molar-refractivity contribution < 1.29 is 13.2 Å². The van der Waals surface area contributed by atoms with Crippen LogP contribution in [-0.2, 0) is 12.7 Å². The van der Waals surface area contributed by atoms with E-state index < -0.39 is 11.9 Å². The molecule has 9 heteroatoms. The Balaban J connectivity index is 1.65. The molecule has 2 aromatic heterocycles. The highest BCUT2D eigenvalue weighted by molar-refractivity contribution is 5.76. The van der Waals surface area contributed by atoms with Crippen LogP contribution in [0, 0.1) is 6.92 Å². The number of benzene rings is 1. The monoisotopic (exact) mass is 402 g/mol.